The van der Waals surface area contributed by atoms with Crippen molar-refractivity contribution in [3.8, 4) is 0 Å². The van der Waals surface area contributed by atoms with Gasteiger partial charge in [0.05, 0.1) is 11.8 Å². The summed E-state index contributed by atoms with van der Waals surface area (Å²) in [6.45, 7) is 0.890. The maximum Gasteiger partial charge on any atom is 0.355 e. The summed E-state index contributed by atoms with van der Waals surface area (Å²) in [4.78, 5) is 15.6. The van der Waals surface area contributed by atoms with E-state index in [1.54, 1.807) is 0 Å². The predicted octanol–water partition coefficient (Wildman–Crippen LogP) is 0.980. The van der Waals surface area contributed by atoms with Crippen LogP contribution in [0.3, 0.4) is 0 Å². The monoisotopic (exact) mass is 290 g/mol. The quantitative estimate of drug-likeness (QED) is 0.896. The molecule has 1 saturated heterocycles. The van der Waals surface area contributed by atoms with E-state index in [0.717, 1.165) is 4.88 Å². The summed E-state index contributed by atoms with van der Waals surface area (Å²) in [7, 11) is -3.14. The lowest BCUT2D eigenvalue weighted by molar-refractivity contribution is 0.0689. The van der Waals surface area contributed by atoms with E-state index in [1.807, 2.05) is 0 Å². The molecule has 8 heteroatoms. The number of thiazole rings is 1. The van der Waals surface area contributed by atoms with Crippen LogP contribution in [0, 0.1) is 0 Å². The Morgan fingerprint density at radius 2 is 2.11 bits per heavy atom. The van der Waals surface area contributed by atoms with E-state index < -0.39 is 16.0 Å². The van der Waals surface area contributed by atoms with Crippen molar-refractivity contribution in [2.75, 3.05) is 19.3 Å². The van der Waals surface area contributed by atoms with Gasteiger partial charge in [-0.05, 0) is 18.8 Å². The van der Waals surface area contributed by atoms with Crippen LogP contribution in [0.15, 0.2) is 5.51 Å². The van der Waals surface area contributed by atoms with Gasteiger partial charge in [0, 0.05) is 18.0 Å². The van der Waals surface area contributed by atoms with E-state index in [0.29, 0.717) is 25.9 Å². The molecule has 0 aliphatic carbocycles. The molecule has 1 aliphatic rings. The average molecular weight is 290 g/mol. The van der Waals surface area contributed by atoms with Crippen molar-refractivity contribution in [1.82, 2.24) is 9.29 Å². The summed E-state index contributed by atoms with van der Waals surface area (Å²) < 4.78 is 24.2. The third kappa shape index (κ3) is 2.70. The lowest BCUT2D eigenvalue weighted by Crippen LogP contribution is -2.37. The Morgan fingerprint density at radius 3 is 2.61 bits per heavy atom. The van der Waals surface area contributed by atoms with E-state index in [4.69, 9.17) is 5.11 Å². The van der Waals surface area contributed by atoms with Crippen LogP contribution in [-0.4, -0.2) is 48.1 Å². The Bertz CT molecular complexity index is 544. The lowest BCUT2D eigenvalue weighted by atomic mass is 9.95. The normalized spacial score (nSPS) is 18.9. The van der Waals surface area contributed by atoms with Gasteiger partial charge in [-0.1, -0.05) is 0 Å². The molecule has 1 aromatic rings. The van der Waals surface area contributed by atoms with Crippen molar-refractivity contribution < 1.29 is 18.3 Å². The molecule has 0 amide bonds. The summed E-state index contributed by atoms with van der Waals surface area (Å²) >= 11 is 1.33. The Hall–Kier alpha value is -0.990. The highest BCUT2D eigenvalue weighted by atomic mass is 32.2. The number of hydrogen-bond acceptors (Lipinski definition) is 5. The van der Waals surface area contributed by atoms with Crippen LogP contribution in [0.5, 0.6) is 0 Å². The van der Waals surface area contributed by atoms with Gasteiger partial charge in [-0.25, -0.2) is 22.5 Å². The molecule has 0 unspecified atom stereocenters. The highest BCUT2D eigenvalue weighted by Gasteiger charge is 2.29. The number of carboxylic acid groups (broad SMARTS) is 1. The van der Waals surface area contributed by atoms with Crippen molar-refractivity contribution in [2.45, 2.75) is 18.8 Å². The summed E-state index contributed by atoms with van der Waals surface area (Å²) in [5, 5.41) is 9.00. The van der Waals surface area contributed by atoms with Crippen molar-refractivity contribution >= 4 is 27.3 Å². The number of sulfonamides is 1. The van der Waals surface area contributed by atoms with Gasteiger partial charge < -0.3 is 5.11 Å². The Labute approximate surface area is 109 Å². The maximum absolute atomic E-state index is 11.4. The van der Waals surface area contributed by atoms with Gasteiger partial charge >= 0.3 is 5.97 Å². The van der Waals surface area contributed by atoms with Gasteiger partial charge in [0.25, 0.3) is 0 Å². The molecule has 0 saturated carbocycles. The molecule has 100 valence electrons. The fourth-order valence-electron chi connectivity index (χ4n) is 2.16. The first-order chi connectivity index (χ1) is 8.39. The maximum atomic E-state index is 11.4. The number of aromatic nitrogens is 1. The van der Waals surface area contributed by atoms with E-state index in [2.05, 4.69) is 4.98 Å². The third-order valence-corrected chi connectivity index (χ3v) is 5.39. The minimum Gasteiger partial charge on any atom is -0.476 e. The molecule has 1 aliphatic heterocycles. The van der Waals surface area contributed by atoms with Crippen LogP contribution in [0.25, 0.3) is 0 Å². The second-order valence-electron chi connectivity index (χ2n) is 4.31. The molecule has 0 bridgehead atoms. The molecule has 1 N–H and O–H groups in total. The average Bonchev–Trinajstić information content (AvgIpc) is 2.77. The largest absolute Gasteiger partial charge is 0.476 e. The van der Waals surface area contributed by atoms with E-state index in [9.17, 15) is 13.2 Å². The fraction of sp³-hybridized carbons (Fsp3) is 0.600. The Morgan fingerprint density at radius 1 is 1.50 bits per heavy atom. The van der Waals surface area contributed by atoms with Gasteiger partial charge in [-0.2, -0.15) is 0 Å². The predicted molar refractivity (Wildman–Crippen MR) is 67.5 cm³/mol. The van der Waals surface area contributed by atoms with Gasteiger partial charge in [0.15, 0.2) is 5.69 Å². The van der Waals surface area contributed by atoms with Gasteiger partial charge in [0.2, 0.25) is 10.0 Å². The second-order valence-corrected chi connectivity index (χ2v) is 7.18. The number of aromatic carboxylic acids is 1. The molecule has 0 aromatic carbocycles. The first kappa shape index (κ1) is 13.4. The zero-order valence-corrected chi connectivity index (χ0v) is 11.5. The standard InChI is InChI=1S/C10H14N2O4S2/c1-18(15,16)12-4-2-7(3-5-12)9-8(10(13)14)11-6-17-9/h6-7H,2-5H2,1H3,(H,13,14). The topological polar surface area (TPSA) is 87.6 Å². The molecule has 0 atom stereocenters. The molecule has 1 aromatic heterocycles. The third-order valence-electron chi connectivity index (χ3n) is 3.09. The SMILES string of the molecule is CS(=O)(=O)N1CCC(c2scnc2C(=O)O)CC1. The van der Waals surface area contributed by atoms with E-state index in [-0.39, 0.29) is 11.6 Å². The molecular weight excluding hydrogens is 276 g/mol. The lowest BCUT2D eigenvalue weighted by Gasteiger charge is -2.29. The minimum atomic E-state index is -3.14. The molecule has 6 nitrogen and oxygen atoms in total. The van der Waals surface area contributed by atoms with Crippen molar-refractivity contribution in [3.63, 3.8) is 0 Å². The van der Waals surface area contributed by atoms with Crippen LogP contribution in [0.4, 0.5) is 0 Å². The fourth-order valence-corrected chi connectivity index (χ4v) is 3.98. The summed E-state index contributed by atoms with van der Waals surface area (Å²) in [5.41, 5.74) is 1.64. The highest BCUT2D eigenvalue weighted by molar-refractivity contribution is 7.88. The zero-order chi connectivity index (χ0) is 13.3. The summed E-state index contributed by atoms with van der Waals surface area (Å²) in [5.74, 6) is -0.918. The van der Waals surface area contributed by atoms with E-state index >= 15 is 0 Å². The van der Waals surface area contributed by atoms with Crippen LogP contribution >= 0.6 is 11.3 Å². The number of hydrogen-bond donors (Lipinski definition) is 1. The first-order valence-electron chi connectivity index (χ1n) is 5.51. The van der Waals surface area contributed by atoms with Crippen LogP contribution in [0.2, 0.25) is 0 Å². The molecule has 0 spiro atoms. The molecule has 18 heavy (non-hydrogen) atoms. The van der Waals surface area contributed by atoms with Gasteiger partial charge in [-0.3, -0.25) is 0 Å². The molecule has 0 radical (unpaired) electrons. The Kier molecular flexibility index (Phi) is 3.69. The zero-order valence-electron chi connectivity index (χ0n) is 9.87. The van der Waals surface area contributed by atoms with Crippen molar-refractivity contribution in [3.05, 3.63) is 16.1 Å². The van der Waals surface area contributed by atoms with Crippen LogP contribution in [-0.2, 0) is 10.0 Å². The minimum absolute atomic E-state index is 0.0987. The smallest absolute Gasteiger partial charge is 0.355 e. The number of carbonyl (C=O) groups is 1. The summed E-state index contributed by atoms with van der Waals surface area (Å²) in [6, 6.07) is 0. The number of carboxylic acids is 1. The summed E-state index contributed by atoms with van der Waals surface area (Å²) in [6.07, 6.45) is 2.49. The molecule has 2 rings (SSSR count). The van der Waals surface area contributed by atoms with Crippen molar-refractivity contribution in [2.24, 2.45) is 0 Å². The second kappa shape index (κ2) is 4.94. The Balaban J connectivity index is 2.10. The number of rotatable bonds is 3. The highest BCUT2D eigenvalue weighted by Crippen LogP contribution is 2.33. The number of piperidine rings is 1. The van der Waals surface area contributed by atoms with Gasteiger partial charge in [-0.15, -0.1) is 11.3 Å². The van der Waals surface area contributed by atoms with Crippen molar-refractivity contribution in [1.29, 1.82) is 0 Å². The van der Waals surface area contributed by atoms with Gasteiger partial charge in [0.1, 0.15) is 0 Å². The van der Waals surface area contributed by atoms with Crippen LogP contribution in [0.1, 0.15) is 34.1 Å². The first-order valence-corrected chi connectivity index (χ1v) is 8.24. The molecule has 1 fully saturated rings. The van der Waals surface area contributed by atoms with E-state index in [1.165, 1.54) is 27.4 Å². The van der Waals surface area contributed by atoms with Crippen LogP contribution < -0.4 is 0 Å². The molecule has 2 heterocycles. The number of nitrogens with zero attached hydrogens (tertiary/aromatic N) is 2. The molecular formula is C10H14N2O4S2.